The lowest BCUT2D eigenvalue weighted by atomic mass is 9.81. The molecule has 0 aliphatic heterocycles. The minimum absolute atomic E-state index is 0.243. The lowest BCUT2D eigenvalue weighted by molar-refractivity contribution is -0.119. The molecule has 0 atom stereocenters. The van der Waals surface area contributed by atoms with Gasteiger partial charge in [0.25, 0.3) is 0 Å². The third-order valence-corrected chi connectivity index (χ3v) is 2.04. The van der Waals surface area contributed by atoms with Crippen molar-refractivity contribution in [2.75, 3.05) is 0 Å². The third kappa shape index (κ3) is 1.88. The third-order valence-electron chi connectivity index (χ3n) is 2.04. The van der Waals surface area contributed by atoms with E-state index in [-0.39, 0.29) is 5.78 Å². The van der Waals surface area contributed by atoms with Crippen LogP contribution in [0.4, 0.5) is 0 Å². The van der Waals surface area contributed by atoms with Crippen molar-refractivity contribution in [1.82, 2.24) is 0 Å². The largest absolute Gasteiger partial charge is 0.299 e. The van der Waals surface area contributed by atoms with Crippen LogP contribution in [0, 0.1) is 18.3 Å². The standard InChI is InChI=1S/C9H12O/c1-2-4-9(10)7-8-5-3-6-8/h1,8H,3-7H2. The van der Waals surface area contributed by atoms with Crippen LogP contribution < -0.4 is 0 Å². The summed E-state index contributed by atoms with van der Waals surface area (Å²) in [5.74, 6) is 3.28. The first-order valence-electron chi connectivity index (χ1n) is 3.78. The van der Waals surface area contributed by atoms with Gasteiger partial charge < -0.3 is 0 Å². The van der Waals surface area contributed by atoms with Crippen LogP contribution in [0.15, 0.2) is 0 Å². The van der Waals surface area contributed by atoms with Crippen LogP contribution in [-0.4, -0.2) is 5.78 Å². The maximum atomic E-state index is 10.9. The Morgan fingerprint density at radius 2 is 2.30 bits per heavy atom. The Balaban J connectivity index is 2.12. The Morgan fingerprint density at radius 3 is 2.70 bits per heavy atom. The molecule has 0 bridgehead atoms. The molecule has 0 radical (unpaired) electrons. The maximum absolute atomic E-state index is 10.9. The fourth-order valence-corrected chi connectivity index (χ4v) is 1.20. The van der Waals surface area contributed by atoms with Gasteiger partial charge in [-0.05, 0) is 5.92 Å². The summed E-state index contributed by atoms with van der Waals surface area (Å²) >= 11 is 0. The highest BCUT2D eigenvalue weighted by Gasteiger charge is 2.19. The zero-order chi connectivity index (χ0) is 7.40. The van der Waals surface area contributed by atoms with Gasteiger partial charge in [-0.25, -0.2) is 0 Å². The smallest absolute Gasteiger partial charge is 0.145 e. The highest BCUT2D eigenvalue weighted by molar-refractivity contribution is 5.80. The monoisotopic (exact) mass is 136 g/mol. The van der Waals surface area contributed by atoms with Crippen molar-refractivity contribution in [3.05, 3.63) is 0 Å². The number of carbonyl (C=O) groups excluding carboxylic acids is 1. The Morgan fingerprint density at radius 1 is 1.60 bits per heavy atom. The predicted octanol–water partition coefficient (Wildman–Crippen LogP) is 1.77. The molecule has 10 heavy (non-hydrogen) atoms. The minimum Gasteiger partial charge on any atom is -0.299 e. The average molecular weight is 136 g/mol. The summed E-state index contributed by atoms with van der Waals surface area (Å²) in [7, 11) is 0. The molecule has 0 amide bonds. The fraction of sp³-hybridized carbons (Fsp3) is 0.667. The Hall–Kier alpha value is -0.770. The highest BCUT2D eigenvalue weighted by Crippen LogP contribution is 2.29. The van der Waals surface area contributed by atoms with E-state index in [4.69, 9.17) is 6.42 Å². The zero-order valence-electron chi connectivity index (χ0n) is 6.10. The van der Waals surface area contributed by atoms with Crippen molar-refractivity contribution in [2.24, 2.45) is 5.92 Å². The molecule has 0 aromatic rings. The summed E-state index contributed by atoms with van der Waals surface area (Å²) in [6.45, 7) is 0. The molecule has 0 aromatic carbocycles. The van der Waals surface area contributed by atoms with E-state index in [0.29, 0.717) is 12.3 Å². The second kappa shape index (κ2) is 3.41. The summed E-state index contributed by atoms with van der Waals surface area (Å²) in [6, 6.07) is 0. The Kier molecular flexibility index (Phi) is 2.50. The van der Waals surface area contributed by atoms with Gasteiger partial charge in [-0.1, -0.05) is 25.2 Å². The van der Waals surface area contributed by atoms with Gasteiger partial charge in [-0.3, -0.25) is 4.79 Å². The molecule has 0 aromatic heterocycles. The number of carbonyl (C=O) groups is 1. The summed E-state index contributed by atoms with van der Waals surface area (Å²) < 4.78 is 0. The highest BCUT2D eigenvalue weighted by atomic mass is 16.1. The lowest BCUT2D eigenvalue weighted by Gasteiger charge is -2.23. The van der Waals surface area contributed by atoms with E-state index in [9.17, 15) is 4.79 Å². The second-order valence-corrected chi connectivity index (χ2v) is 2.92. The van der Waals surface area contributed by atoms with Crippen LogP contribution in [-0.2, 0) is 4.79 Å². The van der Waals surface area contributed by atoms with E-state index in [1.807, 2.05) is 0 Å². The van der Waals surface area contributed by atoms with Gasteiger partial charge in [0, 0.05) is 6.42 Å². The minimum atomic E-state index is 0.243. The summed E-state index contributed by atoms with van der Waals surface area (Å²) in [6.07, 6.45) is 9.81. The molecular formula is C9H12O. The first-order valence-corrected chi connectivity index (χ1v) is 3.78. The molecule has 1 nitrogen and oxygen atoms in total. The molecule has 0 heterocycles. The normalized spacial score (nSPS) is 17.5. The molecule has 1 aliphatic carbocycles. The molecule has 0 unspecified atom stereocenters. The molecule has 1 heteroatoms. The summed E-state index contributed by atoms with van der Waals surface area (Å²) in [5, 5.41) is 0. The van der Waals surface area contributed by atoms with Gasteiger partial charge in [-0.2, -0.15) is 0 Å². The molecular weight excluding hydrogens is 124 g/mol. The van der Waals surface area contributed by atoms with Gasteiger partial charge >= 0.3 is 0 Å². The molecule has 1 aliphatic rings. The lowest BCUT2D eigenvalue weighted by Crippen LogP contribution is -2.15. The number of rotatable bonds is 3. The Labute approximate surface area is 61.8 Å². The second-order valence-electron chi connectivity index (χ2n) is 2.92. The SMILES string of the molecule is C#CCC(=O)CC1CCC1. The van der Waals surface area contributed by atoms with Gasteiger partial charge in [0.2, 0.25) is 0 Å². The van der Waals surface area contributed by atoms with Crippen LogP contribution in [0.25, 0.3) is 0 Å². The van der Waals surface area contributed by atoms with Gasteiger partial charge in [0.05, 0.1) is 6.42 Å². The first-order chi connectivity index (χ1) is 4.83. The number of hydrogen-bond donors (Lipinski definition) is 0. The van der Waals surface area contributed by atoms with E-state index in [0.717, 1.165) is 6.42 Å². The van der Waals surface area contributed by atoms with E-state index in [1.54, 1.807) is 0 Å². The van der Waals surface area contributed by atoms with E-state index >= 15 is 0 Å². The van der Waals surface area contributed by atoms with E-state index < -0.39 is 0 Å². The van der Waals surface area contributed by atoms with Crippen LogP contribution >= 0.6 is 0 Å². The molecule has 0 N–H and O–H groups in total. The molecule has 0 spiro atoms. The maximum Gasteiger partial charge on any atom is 0.145 e. The van der Waals surface area contributed by atoms with Crippen molar-refractivity contribution < 1.29 is 4.79 Å². The summed E-state index contributed by atoms with van der Waals surface area (Å²) in [4.78, 5) is 10.9. The molecule has 1 rings (SSSR count). The molecule has 1 saturated carbocycles. The first kappa shape index (κ1) is 7.34. The number of terminal acetylenes is 1. The van der Waals surface area contributed by atoms with Crippen LogP contribution in [0.3, 0.4) is 0 Å². The van der Waals surface area contributed by atoms with Crippen molar-refractivity contribution in [3.63, 3.8) is 0 Å². The van der Waals surface area contributed by atoms with Crippen molar-refractivity contribution in [3.8, 4) is 12.3 Å². The van der Waals surface area contributed by atoms with Crippen LogP contribution in [0.2, 0.25) is 0 Å². The van der Waals surface area contributed by atoms with E-state index in [1.165, 1.54) is 19.3 Å². The molecule has 0 saturated heterocycles. The summed E-state index contributed by atoms with van der Waals surface area (Å²) in [5.41, 5.74) is 0. The Bertz CT molecular complexity index is 160. The van der Waals surface area contributed by atoms with Crippen molar-refractivity contribution >= 4 is 5.78 Å². The molecule has 1 fully saturated rings. The zero-order valence-corrected chi connectivity index (χ0v) is 6.10. The quantitative estimate of drug-likeness (QED) is 0.540. The number of hydrogen-bond acceptors (Lipinski definition) is 1. The predicted molar refractivity (Wildman–Crippen MR) is 40.4 cm³/mol. The van der Waals surface area contributed by atoms with Gasteiger partial charge in [-0.15, -0.1) is 6.42 Å². The number of ketones is 1. The van der Waals surface area contributed by atoms with Crippen LogP contribution in [0.1, 0.15) is 32.1 Å². The van der Waals surface area contributed by atoms with E-state index in [2.05, 4.69) is 5.92 Å². The number of Topliss-reactive ketones (excluding diaryl/α,β-unsaturated/α-hetero) is 1. The fourth-order valence-electron chi connectivity index (χ4n) is 1.20. The molecule has 54 valence electrons. The van der Waals surface area contributed by atoms with Crippen molar-refractivity contribution in [1.29, 1.82) is 0 Å². The average Bonchev–Trinajstić information content (AvgIpc) is 1.80. The van der Waals surface area contributed by atoms with Crippen LogP contribution in [0.5, 0.6) is 0 Å². The van der Waals surface area contributed by atoms with Crippen molar-refractivity contribution in [2.45, 2.75) is 32.1 Å². The van der Waals surface area contributed by atoms with Gasteiger partial charge in [0.15, 0.2) is 0 Å². The van der Waals surface area contributed by atoms with Gasteiger partial charge in [0.1, 0.15) is 5.78 Å². The topological polar surface area (TPSA) is 17.1 Å².